The average molecular weight is 342 g/mol. The lowest BCUT2D eigenvalue weighted by Gasteiger charge is -2.19. The maximum absolute atomic E-state index is 12.2. The fraction of sp³-hybridized carbons (Fsp3) is 0.600. The summed E-state index contributed by atoms with van der Waals surface area (Å²) in [5, 5.41) is 0. The van der Waals surface area contributed by atoms with Crippen LogP contribution in [-0.2, 0) is 14.8 Å². The van der Waals surface area contributed by atoms with E-state index in [9.17, 15) is 8.42 Å². The largest absolute Gasteiger partial charge is 0.380 e. The SMILES string of the molecule is CCOCCN(CC)S(=O)(=O)c1ccc(Br)s1. The Morgan fingerprint density at radius 3 is 2.59 bits per heavy atom. The van der Waals surface area contributed by atoms with E-state index >= 15 is 0 Å². The third kappa shape index (κ3) is 4.03. The number of halogens is 1. The van der Waals surface area contributed by atoms with Crippen molar-refractivity contribution in [2.75, 3.05) is 26.3 Å². The van der Waals surface area contributed by atoms with Gasteiger partial charge in [-0.1, -0.05) is 6.92 Å². The predicted molar refractivity (Wildman–Crippen MR) is 72.9 cm³/mol. The summed E-state index contributed by atoms with van der Waals surface area (Å²) >= 11 is 4.49. The maximum atomic E-state index is 12.2. The fourth-order valence-electron chi connectivity index (χ4n) is 1.32. The second-order valence-electron chi connectivity index (χ2n) is 3.25. The van der Waals surface area contributed by atoms with Gasteiger partial charge in [0, 0.05) is 19.7 Å². The first-order valence-corrected chi connectivity index (χ1v) is 8.40. The third-order valence-electron chi connectivity index (χ3n) is 2.18. The van der Waals surface area contributed by atoms with Crippen LogP contribution in [0.1, 0.15) is 13.8 Å². The molecule has 0 amide bonds. The highest BCUT2D eigenvalue weighted by Crippen LogP contribution is 2.28. The van der Waals surface area contributed by atoms with Crippen LogP contribution in [0.3, 0.4) is 0 Å². The zero-order chi connectivity index (χ0) is 12.9. The van der Waals surface area contributed by atoms with Crippen molar-refractivity contribution in [3.63, 3.8) is 0 Å². The fourth-order valence-corrected chi connectivity index (χ4v) is 4.92. The molecule has 17 heavy (non-hydrogen) atoms. The summed E-state index contributed by atoms with van der Waals surface area (Å²) in [4.78, 5) is 0. The summed E-state index contributed by atoms with van der Waals surface area (Å²) in [5.74, 6) is 0. The Kier molecular flexibility index (Phi) is 6.08. The zero-order valence-electron chi connectivity index (χ0n) is 9.85. The van der Waals surface area contributed by atoms with E-state index in [4.69, 9.17) is 4.74 Å². The van der Waals surface area contributed by atoms with Crippen LogP contribution in [0, 0.1) is 0 Å². The van der Waals surface area contributed by atoms with Gasteiger partial charge < -0.3 is 4.74 Å². The van der Waals surface area contributed by atoms with Crippen LogP contribution in [0.5, 0.6) is 0 Å². The van der Waals surface area contributed by atoms with Gasteiger partial charge in [0.1, 0.15) is 4.21 Å². The topological polar surface area (TPSA) is 46.6 Å². The first-order valence-electron chi connectivity index (χ1n) is 5.35. The van der Waals surface area contributed by atoms with E-state index < -0.39 is 10.0 Å². The van der Waals surface area contributed by atoms with E-state index in [1.165, 1.54) is 15.6 Å². The Bertz CT molecular complexity index is 444. The Morgan fingerprint density at radius 1 is 1.41 bits per heavy atom. The van der Waals surface area contributed by atoms with Crippen molar-refractivity contribution in [3.05, 3.63) is 15.9 Å². The van der Waals surface area contributed by atoms with Gasteiger partial charge in [0.15, 0.2) is 0 Å². The summed E-state index contributed by atoms with van der Waals surface area (Å²) in [6, 6.07) is 3.36. The normalized spacial score (nSPS) is 12.2. The molecular weight excluding hydrogens is 326 g/mol. The molecule has 0 saturated carbocycles. The first kappa shape index (κ1) is 15.1. The number of ether oxygens (including phenoxy) is 1. The van der Waals surface area contributed by atoms with Crippen molar-refractivity contribution < 1.29 is 13.2 Å². The second-order valence-corrected chi connectivity index (χ2v) is 7.88. The van der Waals surface area contributed by atoms with E-state index in [1.54, 1.807) is 12.1 Å². The Morgan fingerprint density at radius 2 is 2.12 bits per heavy atom. The number of sulfonamides is 1. The van der Waals surface area contributed by atoms with Gasteiger partial charge in [-0.05, 0) is 35.0 Å². The van der Waals surface area contributed by atoms with Crippen LogP contribution < -0.4 is 0 Å². The Balaban J connectivity index is 2.79. The molecule has 0 atom stereocenters. The quantitative estimate of drug-likeness (QED) is 0.716. The van der Waals surface area contributed by atoms with Crippen molar-refractivity contribution in [1.82, 2.24) is 4.31 Å². The van der Waals surface area contributed by atoms with Crippen molar-refractivity contribution in [2.24, 2.45) is 0 Å². The summed E-state index contributed by atoms with van der Waals surface area (Å²) < 4.78 is 32.3. The molecule has 1 aromatic rings. The van der Waals surface area contributed by atoms with Crippen molar-refractivity contribution in [3.8, 4) is 0 Å². The van der Waals surface area contributed by atoms with E-state index in [0.29, 0.717) is 30.5 Å². The minimum Gasteiger partial charge on any atom is -0.380 e. The van der Waals surface area contributed by atoms with Gasteiger partial charge in [0.2, 0.25) is 0 Å². The van der Waals surface area contributed by atoms with E-state index in [0.717, 1.165) is 3.79 Å². The van der Waals surface area contributed by atoms with Gasteiger partial charge in [0.05, 0.1) is 10.4 Å². The number of hydrogen-bond acceptors (Lipinski definition) is 4. The van der Waals surface area contributed by atoms with Crippen LogP contribution in [0.4, 0.5) is 0 Å². The monoisotopic (exact) mass is 341 g/mol. The molecule has 0 unspecified atom stereocenters. The third-order valence-corrected chi connectivity index (χ3v) is 6.25. The minimum absolute atomic E-state index is 0.364. The molecule has 0 aliphatic carbocycles. The average Bonchev–Trinajstić information content (AvgIpc) is 2.71. The Labute approximate surface area is 115 Å². The van der Waals surface area contributed by atoms with Crippen LogP contribution in [-0.4, -0.2) is 39.0 Å². The van der Waals surface area contributed by atoms with Gasteiger partial charge in [-0.25, -0.2) is 8.42 Å². The van der Waals surface area contributed by atoms with Crippen molar-refractivity contribution >= 4 is 37.3 Å². The molecule has 1 heterocycles. The standard InChI is InChI=1S/C10H16BrNO3S2/c1-3-12(7-8-15-4-2)17(13,14)10-6-5-9(11)16-10/h5-6H,3-4,7-8H2,1-2H3. The highest BCUT2D eigenvalue weighted by atomic mass is 79.9. The molecular formula is C10H16BrNO3S2. The van der Waals surface area contributed by atoms with Gasteiger partial charge in [-0.15, -0.1) is 11.3 Å². The minimum atomic E-state index is -3.37. The number of thiophene rings is 1. The lowest BCUT2D eigenvalue weighted by atomic mass is 10.6. The highest BCUT2D eigenvalue weighted by Gasteiger charge is 2.24. The molecule has 0 saturated heterocycles. The molecule has 0 radical (unpaired) electrons. The van der Waals surface area contributed by atoms with E-state index in [2.05, 4.69) is 15.9 Å². The van der Waals surface area contributed by atoms with Gasteiger partial charge >= 0.3 is 0 Å². The number of nitrogens with zero attached hydrogens (tertiary/aromatic N) is 1. The molecule has 7 heteroatoms. The molecule has 4 nitrogen and oxygen atoms in total. The van der Waals surface area contributed by atoms with Gasteiger partial charge in [-0.3, -0.25) is 0 Å². The molecule has 0 aliphatic rings. The van der Waals surface area contributed by atoms with E-state index in [-0.39, 0.29) is 0 Å². The molecule has 0 spiro atoms. The molecule has 1 aromatic heterocycles. The lowest BCUT2D eigenvalue weighted by molar-refractivity contribution is 0.135. The van der Waals surface area contributed by atoms with Crippen LogP contribution >= 0.6 is 27.3 Å². The van der Waals surface area contributed by atoms with Gasteiger partial charge in [0.25, 0.3) is 10.0 Å². The van der Waals surface area contributed by atoms with Gasteiger partial charge in [-0.2, -0.15) is 4.31 Å². The molecule has 0 aromatic carbocycles. The number of likely N-dealkylation sites (N-methyl/N-ethyl adjacent to an activating group) is 1. The molecule has 1 rings (SSSR count). The van der Waals surface area contributed by atoms with Crippen LogP contribution in [0.2, 0.25) is 0 Å². The van der Waals surface area contributed by atoms with Crippen LogP contribution in [0.25, 0.3) is 0 Å². The molecule has 0 N–H and O–H groups in total. The van der Waals surface area contributed by atoms with Crippen molar-refractivity contribution in [1.29, 1.82) is 0 Å². The van der Waals surface area contributed by atoms with Crippen LogP contribution in [0.15, 0.2) is 20.1 Å². The number of rotatable bonds is 7. The second kappa shape index (κ2) is 6.84. The zero-order valence-corrected chi connectivity index (χ0v) is 13.1. The number of hydrogen-bond donors (Lipinski definition) is 0. The van der Waals surface area contributed by atoms with E-state index in [1.807, 2.05) is 13.8 Å². The highest BCUT2D eigenvalue weighted by molar-refractivity contribution is 9.11. The first-order chi connectivity index (χ1) is 8.02. The summed E-state index contributed by atoms with van der Waals surface area (Å²) in [6.45, 7) is 5.58. The summed E-state index contributed by atoms with van der Waals surface area (Å²) in [5.41, 5.74) is 0. The molecule has 0 fully saturated rings. The molecule has 0 bridgehead atoms. The predicted octanol–water partition coefficient (Wildman–Crippen LogP) is 2.56. The summed E-state index contributed by atoms with van der Waals surface area (Å²) in [6.07, 6.45) is 0. The maximum Gasteiger partial charge on any atom is 0.252 e. The van der Waals surface area contributed by atoms with Crippen molar-refractivity contribution in [2.45, 2.75) is 18.1 Å². The summed E-state index contributed by atoms with van der Waals surface area (Å²) in [7, 11) is -3.37. The smallest absolute Gasteiger partial charge is 0.252 e. The molecule has 98 valence electrons. The lowest BCUT2D eigenvalue weighted by Crippen LogP contribution is -2.33. The Hall–Kier alpha value is 0.0500. The molecule has 0 aliphatic heterocycles.